The monoisotopic (exact) mass is 401 g/mol. The van der Waals surface area contributed by atoms with Crippen molar-refractivity contribution < 1.29 is 9.53 Å². The van der Waals surface area contributed by atoms with Gasteiger partial charge in [-0.3, -0.25) is 4.79 Å². The maximum absolute atomic E-state index is 13.3. The van der Waals surface area contributed by atoms with Crippen LogP contribution in [0, 0.1) is 0 Å². The lowest BCUT2D eigenvalue weighted by atomic mass is 9.92. The zero-order chi connectivity index (χ0) is 19.6. The minimum absolute atomic E-state index is 0.0949. The Hall–Kier alpha value is -3.31. The molecule has 0 aliphatic carbocycles. The molecule has 3 aromatic rings. The minimum atomic E-state index is -1.32. The molecule has 0 radical (unpaired) electrons. The molecule has 0 aromatic heterocycles. The lowest BCUT2D eigenvalue weighted by molar-refractivity contribution is -0.161. The van der Waals surface area contributed by atoms with Gasteiger partial charge in [0.2, 0.25) is 0 Å². The van der Waals surface area contributed by atoms with Gasteiger partial charge in [-0.1, -0.05) is 60.1 Å². The van der Waals surface area contributed by atoms with Crippen LogP contribution in [-0.2, 0) is 10.5 Å². The maximum Gasteiger partial charge on any atom is 0.306 e. The minimum Gasteiger partial charge on any atom is -0.453 e. The number of nitrogens with one attached hydrogen (secondary N) is 1. The van der Waals surface area contributed by atoms with Gasteiger partial charge in [-0.05, 0) is 29.8 Å². The second kappa shape index (κ2) is 5.84. The van der Waals surface area contributed by atoms with E-state index in [1.54, 1.807) is 0 Å². The van der Waals surface area contributed by atoms with Gasteiger partial charge in [-0.2, -0.15) is 5.10 Å². The van der Waals surface area contributed by atoms with E-state index < -0.39 is 5.72 Å². The third-order valence-corrected chi connectivity index (χ3v) is 6.05. The van der Waals surface area contributed by atoms with E-state index in [1.165, 1.54) is 0 Å². The Morgan fingerprint density at radius 1 is 1.03 bits per heavy atom. The van der Waals surface area contributed by atoms with Crippen molar-refractivity contribution in [1.82, 2.24) is 5.01 Å². The maximum atomic E-state index is 13.3. The quantitative estimate of drug-likeness (QED) is 0.643. The smallest absolute Gasteiger partial charge is 0.306 e. The topological polar surface area (TPSA) is 53.9 Å². The van der Waals surface area contributed by atoms with Gasteiger partial charge in [0.25, 0.3) is 5.91 Å². The first-order chi connectivity index (χ1) is 14.2. The number of hydrogen-bond donors (Lipinski definition) is 1. The molecule has 3 aromatic carbocycles. The summed E-state index contributed by atoms with van der Waals surface area (Å²) >= 11 is 6.06. The summed E-state index contributed by atoms with van der Waals surface area (Å²) in [5.74, 6) is 0.493. The van der Waals surface area contributed by atoms with Gasteiger partial charge in [-0.15, -0.1) is 0 Å². The van der Waals surface area contributed by atoms with Gasteiger partial charge < -0.3 is 10.1 Å². The standard InChI is InChI=1S/C23H16ClN3O2/c24-15-11-9-14(10-12-15)19-13-20-16-5-1-4-8-21(16)29-23(27(20)26-19)17-6-2-3-7-18(17)25-22(23)28/h1-12,20H,13H2,(H,25,28). The van der Waals surface area contributed by atoms with Gasteiger partial charge >= 0.3 is 5.72 Å². The van der Waals surface area contributed by atoms with Crippen molar-refractivity contribution in [2.24, 2.45) is 5.10 Å². The van der Waals surface area contributed by atoms with Crippen LogP contribution in [0.5, 0.6) is 5.75 Å². The van der Waals surface area contributed by atoms with Gasteiger partial charge in [0.05, 0.1) is 23.0 Å². The summed E-state index contributed by atoms with van der Waals surface area (Å²) in [4.78, 5) is 13.3. The molecule has 0 saturated carbocycles. The average molecular weight is 402 g/mol. The number of hydrogen-bond acceptors (Lipinski definition) is 4. The van der Waals surface area contributed by atoms with Crippen LogP contribution in [0.2, 0.25) is 5.02 Å². The fourth-order valence-corrected chi connectivity index (χ4v) is 4.59. The van der Waals surface area contributed by atoms with Crippen molar-refractivity contribution in [2.75, 3.05) is 5.32 Å². The summed E-state index contributed by atoms with van der Waals surface area (Å²) in [7, 11) is 0. The molecule has 1 amide bonds. The molecule has 1 N–H and O–H groups in total. The van der Waals surface area contributed by atoms with Gasteiger partial charge in [-0.25, -0.2) is 5.01 Å². The molecule has 29 heavy (non-hydrogen) atoms. The molecular formula is C23H16ClN3O2. The molecule has 5 nitrogen and oxygen atoms in total. The Morgan fingerprint density at radius 3 is 2.66 bits per heavy atom. The number of amides is 1. The second-order valence-electron chi connectivity index (χ2n) is 7.40. The summed E-state index contributed by atoms with van der Waals surface area (Å²) < 4.78 is 6.42. The first kappa shape index (κ1) is 16.6. The van der Waals surface area contributed by atoms with Crippen molar-refractivity contribution in [3.05, 3.63) is 94.5 Å². The van der Waals surface area contributed by atoms with E-state index >= 15 is 0 Å². The average Bonchev–Trinajstić information content (AvgIpc) is 3.30. The van der Waals surface area contributed by atoms with Gasteiger partial charge in [0, 0.05) is 17.0 Å². The van der Waals surface area contributed by atoms with Crippen LogP contribution >= 0.6 is 11.6 Å². The van der Waals surface area contributed by atoms with E-state index in [4.69, 9.17) is 21.4 Å². The first-order valence-electron chi connectivity index (χ1n) is 9.48. The second-order valence-corrected chi connectivity index (χ2v) is 7.84. The van der Waals surface area contributed by atoms with E-state index in [0.29, 0.717) is 17.2 Å². The molecule has 3 aliphatic rings. The highest BCUT2D eigenvalue weighted by atomic mass is 35.5. The molecule has 1 spiro atoms. The fourth-order valence-electron chi connectivity index (χ4n) is 4.46. The molecule has 2 atom stereocenters. The van der Waals surface area contributed by atoms with E-state index in [2.05, 4.69) is 5.32 Å². The fraction of sp³-hybridized carbons (Fsp3) is 0.130. The number of carbonyl (C=O) groups excluding carboxylic acids is 1. The number of ether oxygens (including phenoxy) is 1. The number of carbonyl (C=O) groups is 1. The highest BCUT2D eigenvalue weighted by Crippen LogP contribution is 2.53. The number of fused-ring (bicyclic) bond motifs is 6. The number of para-hydroxylation sites is 2. The van der Waals surface area contributed by atoms with Gasteiger partial charge in [0.1, 0.15) is 5.75 Å². The summed E-state index contributed by atoms with van der Waals surface area (Å²) in [5, 5.41) is 10.4. The van der Waals surface area contributed by atoms with Crippen LogP contribution in [0.3, 0.4) is 0 Å². The molecule has 6 rings (SSSR count). The van der Waals surface area contributed by atoms with Crippen LogP contribution in [0.4, 0.5) is 5.69 Å². The van der Waals surface area contributed by atoms with Crippen molar-refractivity contribution in [3.8, 4) is 5.75 Å². The Labute approximate surface area is 172 Å². The Balaban J connectivity index is 1.56. The highest BCUT2D eigenvalue weighted by molar-refractivity contribution is 6.30. The number of rotatable bonds is 1. The van der Waals surface area contributed by atoms with Crippen molar-refractivity contribution >= 4 is 28.9 Å². The van der Waals surface area contributed by atoms with E-state index in [1.807, 2.05) is 77.8 Å². The number of benzene rings is 3. The summed E-state index contributed by atoms with van der Waals surface area (Å²) in [6.45, 7) is 0. The predicted octanol–water partition coefficient (Wildman–Crippen LogP) is 4.69. The number of hydrazone groups is 1. The molecule has 0 bridgehead atoms. The van der Waals surface area contributed by atoms with E-state index in [9.17, 15) is 4.79 Å². The molecule has 3 aliphatic heterocycles. The third kappa shape index (κ3) is 2.22. The third-order valence-electron chi connectivity index (χ3n) is 5.79. The largest absolute Gasteiger partial charge is 0.453 e. The number of nitrogens with zero attached hydrogens (tertiary/aromatic N) is 2. The Bertz CT molecular complexity index is 1190. The SMILES string of the molecule is O=C1Nc2ccccc2C12Oc1ccccc1C1CC(c3ccc(Cl)cc3)=NN12. The molecular weight excluding hydrogens is 386 g/mol. The molecule has 0 fully saturated rings. The normalized spacial score (nSPS) is 23.8. The molecule has 0 saturated heterocycles. The Kier molecular flexibility index (Phi) is 3.35. The molecule has 6 heteroatoms. The molecule has 3 heterocycles. The van der Waals surface area contributed by atoms with Crippen molar-refractivity contribution in [3.63, 3.8) is 0 Å². The van der Waals surface area contributed by atoms with Crippen LogP contribution < -0.4 is 10.1 Å². The predicted molar refractivity (Wildman–Crippen MR) is 111 cm³/mol. The van der Waals surface area contributed by atoms with Crippen LogP contribution in [-0.4, -0.2) is 16.6 Å². The molecule has 142 valence electrons. The summed E-state index contributed by atoms with van der Waals surface area (Å²) in [6, 6.07) is 23.0. The highest BCUT2D eigenvalue weighted by Gasteiger charge is 2.60. The summed E-state index contributed by atoms with van der Waals surface area (Å²) in [5.41, 5.74) is 3.15. The lowest BCUT2D eigenvalue weighted by Crippen LogP contribution is -2.55. The number of halogens is 1. The first-order valence-corrected chi connectivity index (χ1v) is 9.86. The van der Waals surface area contributed by atoms with Crippen molar-refractivity contribution in [2.45, 2.75) is 18.2 Å². The van der Waals surface area contributed by atoms with E-state index in [0.717, 1.165) is 28.1 Å². The Morgan fingerprint density at radius 2 is 1.79 bits per heavy atom. The number of anilines is 1. The van der Waals surface area contributed by atoms with Crippen LogP contribution in [0.25, 0.3) is 0 Å². The lowest BCUT2D eigenvalue weighted by Gasteiger charge is -2.43. The zero-order valence-corrected chi connectivity index (χ0v) is 16.1. The van der Waals surface area contributed by atoms with E-state index in [-0.39, 0.29) is 11.9 Å². The van der Waals surface area contributed by atoms with Crippen LogP contribution in [0.15, 0.2) is 77.9 Å². The van der Waals surface area contributed by atoms with Crippen LogP contribution in [0.1, 0.15) is 29.2 Å². The van der Waals surface area contributed by atoms with Gasteiger partial charge in [0.15, 0.2) is 0 Å². The molecule has 2 unspecified atom stereocenters. The van der Waals surface area contributed by atoms with Crippen molar-refractivity contribution in [1.29, 1.82) is 0 Å². The summed E-state index contributed by atoms with van der Waals surface area (Å²) in [6.07, 6.45) is 0.680. The zero-order valence-electron chi connectivity index (χ0n) is 15.3.